The molecule has 0 unspecified atom stereocenters. The van der Waals surface area contributed by atoms with E-state index in [0.29, 0.717) is 18.3 Å². The van der Waals surface area contributed by atoms with E-state index in [4.69, 9.17) is 15.3 Å². The summed E-state index contributed by atoms with van der Waals surface area (Å²) < 4.78 is 11.3. The van der Waals surface area contributed by atoms with Crippen LogP contribution in [0.25, 0.3) is 11.3 Å². The number of nitrogens with two attached hydrogens (primary N) is 1. The van der Waals surface area contributed by atoms with E-state index in [-0.39, 0.29) is 0 Å². The lowest BCUT2D eigenvalue weighted by Gasteiger charge is -2.08. The van der Waals surface area contributed by atoms with Gasteiger partial charge < -0.3 is 9.47 Å². The van der Waals surface area contributed by atoms with Gasteiger partial charge in [-0.1, -0.05) is 0 Å². The maximum Gasteiger partial charge on any atom is 0.197 e. The number of aromatic nitrogens is 1. The van der Waals surface area contributed by atoms with Crippen LogP contribution in [0.15, 0.2) is 18.2 Å². The van der Waals surface area contributed by atoms with E-state index in [1.807, 2.05) is 25.1 Å². The van der Waals surface area contributed by atoms with Gasteiger partial charge in [-0.25, -0.2) is 10.8 Å². The lowest BCUT2D eigenvalue weighted by molar-refractivity contribution is 0.297. The van der Waals surface area contributed by atoms with Crippen molar-refractivity contribution in [1.82, 2.24) is 4.98 Å². The fourth-order valence-corrected chi connectivity index (χ4v) is 2.78. The van der Waals surface area contributed by atoms with Crippen molar-refractivity contribution in [2.24, 2.45) is 5.84 Å². The van der Waals surface area contributed by atoms with Crippen LogP contribution >= 0.6 is 11.3 Å². The molecule has 2 heterocycles. The third-order valence-electron chi connectivity index (χ3n) is 2.94. The van der Waals surface area contributed by atoms with Crippen molar-refractivity contribution in [3.8, 4) is 22.8 Å². The normalized spacial score (nSPS) is 14.0. The molecule has 19 heavy (non-hydrogen) atoms. The highest BCUT2D eigenvalue weighted by molar-refractivity contribution is 7.15. The summed E-state index contributed by atoms with van der Waals surface area (Å²) >= 11 is 1.53. The summed E-state index contributed by atoms with van der Waals surface area (Å²) in [6.07, 6.45) is 0.904. The average Bonchev–Trinajstić information content (AvgIpc) is 2.66. The Morgan fingerprint density at radius 1 is 1.26 bits per heavy atom. The number of hydrogen-bond acceptors (Lipinski definition) is 6. The second kappa shape index (κ2) is 5.07. The number of nitrogen functional groups attached to an aromatic ring is 1. The maximum atomic E-state index is 5.69. The molecule has 2 aromatic rings. The predicted molar refractivity (Wildman–Crippen MR) is 75.7 cm³/mol. The topological polar surface area (TPSA) is 69.4 Å². The standard InChI is InChI=1S/C13H15N3O2S/c1-8-12(15-13(16-14)19-8)9-3-4-10-11(7-9)18-6-2-5-17-10/h3-4,7H,2,5-6,14H2,1H3,(H,15,16). The van der Waals surface area contributed by atoms with E-state index >= 15 is 0 Å². The largest absolute Gasteiger partial charge is 0.490 e. The van der Waals surface area contributed by atoms with E-state index < -0.39 is 0 Å². The zero-order valence-corrected chi connectivity index (χ0v) is 11.4. The number of fused-ring (bicyclic) bond motifs is 1. The zero-order valence-electron chi connectivity index (χ0n) is 10.6. The first-order valence-electron chi connectivity index (χ1n) is 6.12. The lowest BCUT2D eigenvalue weighted by atomic mass is 10.1. The third kappa shape index (κ3) is 2.36. The molecule has 0 atom stereocenters. The molecular formula is C13H15N3O2S. The number of rotatable bonds is 2. The van der Waals surface area contributed by atoms with Crippen LogP contribution in [0.4, 0.5) is 5.13 Å². The predicted octanol–water partition coefficient (Wildman–Crippen LogP) is 2.57. The molecule has 3 N–H and O–H groups in total. The summed E-state index contributed by atoms with van der Waals surface area (Å²) in [5.74, 6) is 6.97. The fraction of sp³-hybridized carbons (Fsp3) is 0.308. The molecule has 0 spiro atoms. The molecule has 1 aliphatic rings. The van der Waals surface area contributed by atoms with E-state index in [0.717, 1.165) is 34.1 Å². The second-order valence-corrected chi connectivity index (χ2v) is 5.48. The molecule has 0 bridgehead atoms. The number of ether oxygens (including phenoxy) is 2. The summed E-state index contributed by atoms with van der Waals surface area (Å²) in [6, 6.07) is 5.91. The van der Waals surface area contributed by atoms with E-state index in [1.54, 1.807) is 0 Å². The molecule has 0 saturated heterocycles. The van der Waals surface area contributed by atoms with Gasteiger partial charge in [-0.3, -0.25) is 5.43 Å². The van der Waals surface area contributed by atoms with Crippen LogP contribution in [0.5, 0.6) is 11.5 Å². The quantitative estimate of drug-likeness (QED) is 0.652. The molecule has 0 fully saturated rings. The first-order valence-corrected chi connectivity index (χ1v) is 6.93. The number of nitrogens with one attached hydrogen (secondary N) is 1. The number of hydrazine groups is 1. The molecule has 0 aliphatic carbocycles. The van der Waals surface area contributed by atoms with Crippen LogP contribution in [0.2, 0.25) is 0 Å². The Bertz CT molecular complexity index is 598. The van der Waals surface area contributed by atoms with Crippen molar-refractivity contribution in [3.05, 3.63) is 23.1 Å². The molecule has 3 rings (SSSR count). The molecular weight excluding hydrogens is 262 g/mol. The third-order valence-corrected chi connectivity index (χ3v) is 3.84. The molecule has 1 aromatic heterocycles. The molecule has 1 aliphatic heterocycles. The summed E-state index contributed by atoms with van der Waals surface area (Å²) in [4.78, 5) is 5.57. The Labute approximate surface area is 115 Å². The summed E-state index contributed by atoms with van der Waals surface area (Å²) in [5.41, 5.74) is 4.52. The van der Waals surface area contributed by atoms with Crippen molar-refractivity contribution in [1.29, 1.82) is 0 Å². The van der Waals surface area contributed by atoms with Gasteiger partial charge in [0.2, 0.25) is 0 Å². The smallest absolute Gasteiger partial charge is 0.197 e. The van der Waals surface area contributed by atoms with Gasteiger partial charge in [-0.15, -0.1) is 11.3 Å². The van der Waals surface area contributed by atoms with Gasteiger partial charge in [-0.05, 0) is 25.1 Å². The monoisotopic (exact) mass is 277 g/mol. The molecule has 0 radical (unpaired) electrons. The molecule has 6 heteroatoms. The number of hydrogen-bond donors (Lipinski definition) is 2. The van der Waals surface area contributed by atoms with Gasteiger partial charge in [0.05, 0.1) is 18.9 Å². The summed E-state index contributed by atoms with van der Waals surface area (Å²) in [5, 5.41) is 0.708. The minimum atomic E-state index is 0.683. The minimum Gasteiger partial charge on any atom is -0.490 e. The SMILES string of the molecule is Cc1sc(NN)nc1-c1ccc2c(c1)OCCCO2. The molecule has 0 amide bonds. The van der Waals surface area contributed by atoms with Crippen LogP contribution < -0.4 is 20.7 Å². The molecule has 5 nitrogen and oxygen atoms in total. The van der Waals surface area contributed by atoms with Gasteiger partial charge in [0.15, 0.2) is 16.6 Å². The van der Waals surface area contributed by atoms with E-state index in [1.165, 1.54) is 11.3 Å². The van der Waals surface area contributed by atoms with Crippen molar-refractivity contribution in [3.63, 3.8) is 0 Å². The maximum absolute atomic E-state index is 5.69. The van der Waals surface area contributed by atoms with Gasteiger partial charge in [0, 0.05) is 16.9 Å². The van der Waals surface area contributed by atoms with Gasteiger partial charge in [0.1, 0.15) is 0 Å². The number of nitrogens with zero attached hydrogens (tertiary/aromatic N) is 1. The van der Waals surface area contributed by atoms with Crippen LogP contribution in [0, 0.1) is 6.92 Å². The number of thiazole rings is 1. The first-order chi connectivity index (χ1) is 9.28. The van der Waals surface area contributed by atoms with E-state index in [9.17, 15) is 0 Å². The van der Waals surface area contributed by atoms with Gasteiger partial charge >= 0.3 is 0 Å². The van der Waals surface area contributed by atoms with Crippen LogP contribution in [-0.2, 0) is 0 Å². The van der Waals surface area contributed by atoms with Crippen molar-refractivity contribution in [2.75, 3.05) is 18.6 Å². The molecule has 1 aromatic carbocycles. The average molecular weight is 277 g/mol. The highest BCUT2D eigenvalue weighted by atomic mass is 32.1. The van der Waals surface area contributed by atoms with E-state index in [2.05, 4.69) is 10.4 Å². The number of benzene rings is 1. The lowest BCUT2D eigenvalue weighted by Crippen LogP contribution is -2.05. The number of anilines is 1. The highest BCUT2D eigenvalue weighted by Crippen LogP contribution is 2.36. The fourth-order valence-electron chi connectivity index (χ4n) is 2.04. The Kier molecular flexibility index (Phi) is 3.27. The van der Waals surface area contributed by atoms with Gasteiger partial charge in [-0.2, -0.15) is 0 Å². The summed E-state index contributed by atoms with van der Waals surface area (Å²) in [6.45, 7) is 3.41. The highest BCUT2D eigenvalue weighted by Gasteiger charge is 2.14. The van der Waals surface area contributed by atoms with Crippen molar-refractivity contribution >= 4 is 16.5 Å². The zero-order chi connectivity index (χ0) is 13.2. The van der Waals surface area contributed by atoms with Crippen LogP contribution in [0.3, 0.4) is 0 Å². The summed E-state index contributed by atoms with van der Waals surface area (Å²) in [7, 11) is 0. The van der Waals surface area contributed by atoms with Crippen molar-refractivity contribution < 1.29 is 9.47 Å². The van der Waals surface area contributed by atoms with Crippen LogP contribution in [0.1, 0.15) is 11.3 Å². The first kappa shape index (κ1) is 12.3. The molecule has 0 saturated carbocycles. The van der Waals surface area contributed by atoms with Crippen molar-refractivity contribution in [2.45, 2.75) is 13.3 Å². The van der Waals surface area contributed by atoms with Crippen LogP contribution in [-0.4, -0.2) is 18.2 Å². The van der Waals surface area contributed by atoms with Gasteiger partial charge in [0.25, 0.3) is 0 Å². The second-order valence-electron chi connectivity index (χ2n) is 4.28. The minimum absolute atomic E-state index is 0.683. The Morgan fingerprint density at radius 3 is 2.79 bits per heavy atom. The Morgan fingerprint density at radius 2 is 2.05 bits per heavy atom. The molecule has 100 valence electrons. The Balaban J connectivity index is 2.01. The number of aryl methyl sites for hydroxylation is 1. The Hall–Kier alpha value is -1.79.